The molecule has 2 unspecified atom stereocenters. The lowest BCUT2D eigenvalue weighted by atomic mass is 10.0. The number of rotatable bonds is 19. The van der Waals surface area contributed by atoms with Gasteiger partial charge in [-0.25, -0.2) is 9.97 Å². The molecular weight excluding hydrogens is 717 g/mol. The second kappa shape index (κ2) is 25.0. The van der Waals surface area contributed by atoms with Crippen molar-refractivity contribution in [2.45, 2.75) is 131 Å². The average molecular weight is 781 g/mol. The molecule has 6 N–H and O–H groups in total. The summed E-state index contributed by atoms with van der Waals surface area (Å²) in [6.07, 6.45) is 12.5. The van der Waals surface area contributed by atoms with Crippen LogP contribution in [0.3, 0.4) is 0 Å². The van der Waals surface area contributed by atoms with Gasteiger partial charge in [-0.3, -0.25) is 19.2 Å². The molecule has 308 valence electrons. The number of amides is 4. The molecule has 12 nitrogen and oxygen atoms in total. The minimum Gasteiger partial charge on any atom is -0.354 e. The van der Waals surface area contributed by atoms with Crippen LogP contribution in [0.15, 0.2) is 36.7 Å². The summed E-state index contributed by atoms with van der Waals surface area (Å²) in [4.78, 5) is 64.7. The zero-order valence-electron chi connectivity index (χ0n) is 35.1. The SMILES string of the molecule is CCC.CCCC(=O)NC(C(=O)NCCCCc1ncc(C#Cc2ccc(C#Cc3cnc(CCCCNC(=O)C(NC(=O)C4CC4)C(C)C)[nH]3)cc2)[nH]1)C(C)C. The fourth-order valence-corrected chi connectivity index (χ4v) is 5.66. The molecule has 12 heteroatoms. The van der Waals surface area contributed by atoms with Crippen molar-refractivity contribution >= 4 is 23.6 Å². The molecule has 0 aliphatic heterocycles. The summed E-state index contributed by atoms with van der Waals surface area (Å²) in [5.74, 6) is 14.0. The van der Waals surface area contributed by atoms with E-state index in [9.17, 15) is 19.2 Å². The number of benzene rings is 1. The van der Waals surface area contributed by atoms with E-state index < -0.39 is 12.1 Å². The summed E-state index contributed by atoms with van der Waals surface area (Å²) in [5, 5.41) is 11.7. The number of hydrogen-bond acceptors (Lipinski definition) is 6. The maximum Gasteiger partial charge on any atom is 0.242 e. The third-order valence-electron chi connectivity index (χ3n) is 9.04. The van der Waals surface area contributed by atoms with E-state index in [-0.39, 0.29) is 41.4 Å². The Morgan fingerprint density at radius 2 is 1.12 bits per heavy atom. The Balaban J connectivity index is 0.00000281. The Kier molecular flexibility index (Phi) is 20.2. The first-order valence-corrected chi connectivity index (χ1v) is 20.8. The van der Waals surface area contributed by atoms with Crippen LogP contribution in [-0.2, 0) is 32.0 Å². The van der Waals surface area contributed by atoms with Crippen molar-refractivity contribution in [1.29, 1.82) is 0 Å². The molecule has 0 spiro atoms. The minimum atomic E-state index is -0.523. The van der Waals surface area contributed by atoms with E-state index >= 15 is 0 Å². The molecule has 1 aliphatic carbocycles. The first-order valence-electron chi connectivity index (χ1n) is 20.8. The highest BCUT2D eigenvalue weighted by atomic mass is 16.2. The van der Waals surface area contributed by atoms with Gasteiger partial charge in [0, 0.05) is 49.4 Å². The summed E-state index contributed by atoms with van der Waals surface area (Å²) >= 11 is 0. The van der Waals surface area contributed by atoms with E-state index in [1.165, 1.54) is 6.42 Å². The van der Waals surface area contributed by atoms with Crippen LogP contribution in [0.1, 0.15) is 140 Å². The highest BCUT2D eigenvalue weighted by Crippen LogP contribution is 2.29. The largest absolute Gasteiger partial charge is 0.354 e. The highest BCUT2D eigenvalue weighted by molar-refractivity contribution is 5.89. The van der Waals surface area contributed by atoms with Crippen LogP contribution in [0.2, 0.25) is 0 Å². The quantitative estimate of drug-likeness (QED) is 0.0671. The smallest absolute Gasteiger partial charge is 0.242 e. The number of unbranched alkanes of at least 4 members (excludes halogenated alkanes) is 2. The third kappa shape index (κ3) is 17.5. The second-order valence-corrected chi connectivity index (χ2v) is 15.3. The maximum absolute atomic E-state index is 12.6. The van der Waals surface area contributed by atoms with Crippen molar-refractivity contribution in [3.8, 4) is 23.7 Å². The van der Waals surface area contributed by atoms with E-state index in [0.29, 0.717) is 19.5 Å². The summed E-state index contributed by atoms with van der Waals surface area (Å²) in [6.45, 7) is 15.0. The summed E-state index contributed by atoms with van der Waals surface area (Å²) in [6, 6.07) is 6.71. The number of carbonyl (C=O) groups is 4. The van der Waals surface area contributed by atoms with Crippen molar-refractivity contribution in [1.82, 2.24) is 41.2 Å². The summed E-state index contributed by atoms with van der Waals surface area (Å²) in [7, 11) is 0. The molecule has 0 saturated heterocycles. The van der Waals surface area contributed by atoms with Crippen LogP contribution in [0.25, 0.3) is 0 Å². The topological polar surface area (TPSA) is 174 Å². The Morgan fingerprint density at radius 1 is 0.684 bits per heavy atom. The lowest BCUT2D eigenvalue weighted by Crippen LogP contribution is -2.50. The molecule has 2 aromatic heterocycles. The lowest BCUT2D eigenvalue weighted by molar-refractivity contribution is -0.130. The number of aromatic nitrogens is 4. The van der Waals surface area contributed by atoms with Gasteiger partial charge in [0.25, 0.3) is 0 Å². The van der Waals surface area contributed by atoms with Crippen LogP contribution >= 0.6 is 0 Å². The Bertz CT molecular complexity index is 1830. The number of nitrogens with zero attached hydrogens (tertiary/aromatic N) is 2. The maximum atomic E-state index is 12.6. The van der Waals surface area contributed by atoms with Gasteiger partial charge in [-0.2, -0.15) is 0 Å². The molecule has 57 heavy (non-hydrogen) atoms. The van der Waals surface area contributed by atoms with E-state index in [2.05, 4.69) is 78.7 Å². The predicted molar refractivity (Wildman–Crippen MR) is 225 cm³/mol. The molecule has 4 amide bonds. The number of H-pyrrole nitrogens is 2. The van der Waals surface area contributed by atoms with Crippen LogP contribution in [0.4, 0.5) is 0 Å². The van der Waals surface area contributed by atoms with Gasteiger partial charge in [0.2, 0.25) is 23.6 Å². The minimum absolute atomic E-state index is 0.0121. The zero-order valence-corrected chi connectivity index (χ0v) is 35.1. The zero-order chi connectivity index (χ0) is 41.6. The second-order valence-electron chi connectivity index (χ2n) is 15.3. The first-order chi connectivity index (χ1) is 27.4. The fourth-order valence-electron chi connectivity index (χ4n) is 5.66. The van der Waals surface area contributed by atoms with E-state index in [4.69, 9.17) is 0 Å². The van der Waals surface area contributed by atoms with Gasteiger partial charge in [0.15, 0.2) is 0 Å². The molecule has 2 heterocycles. The van der Waals surface area contributed by atoms with Gasteiger partial charge < -0.3 is 31.2 Å². The Labute approximate surface area is 339 Å². The Morgan fingerprint density at radius 3 is 1.53 bits per heavy atom. The number of hydrogen-bond donors (Lipinski definition) is 6. The van der Waals surface area contributed by atoms with Crippen molar-refractivity contribution in [3.63, 3.8) is 0 Å². The van der Waals surface area contributed by atoms with Crippen LogP contribution in [-0.4, -0.2) is 68.7 Å². The number of aromatic amines is 2. The van der Waals surface area contributed by atoms with Gasteiger partial charge >= 0.3 is 0 Å². The molecule has 1 fully saturated rings. The normalized spacial score (nSPS) is 12.9. The number of imidazole rings is 2. The third-order valence-corrected chi connectivity index (χ3v) is 9.04. The molecule has 0 bridgehead atoms. The van der Waals surface area contributed by atoms with E-state index in [1.54, 1.807) is 12.4 Å². The van der Waals surface area contributed by atoms with Gasteiger partial charge in [-0.05, 0) is 92.9 Å². The van der Waals surface area contributed by atoms with Crippen LogP contribution in [0, 0.1) is 41.4 Å². The van der Waals surface area contributed by atoms with Crippen molar-refractivity contribution < 1.29 is 19.2 Å². The fraction of sp³-hybridized carbons (Fsp3) is 0.556. The van der Waals surface area contributed by atoms with Gasteiger partial charge in [0.05, 0.1) is 12.4 Å². The van der Waals surface area contributed by atoms with E-state index in [1.807, 2.05) is 58.9 Å². The molecule has 3 aromatic rings. The molecule has 4 rings (SSSR count). The van der Waals surface area contributed by atoms with Crippen molar-refractivity contribution in [2.75, 3.05) is 13.1 Å². The standard InChI is InChI=1S/C42H56N8O4.C3H8/c1-6-11-37(51)49-38(28(2)3)41(53)43-24-9-7-12-35-45-26-33(47-35)22-18-30-14-16-31(17-15-30)19-23-34-27-46-36(48-34)13-8-10-25-44-42(54)39(29(4)5)50-40(52)32-20-21-32;1-3-2/h14-17,26-29,32,38-39H,6-13,20-21,24-25H2,1-5H3,(H,43,53)(H,44,54)(H,45,47)(H,46,48)(H,49,51)(H,50,52);3H2,1-2H3. The van der Waals surface area contributed by atoms with Crippen molar-refractivity contribution in [2.24, 2.45) is 17.8 Å². The van der Waals surface area contributed by atoms with Crippen LogP contribution in [0.5, 0.6) is 0 Å². The number of nitrogens with one attached hydrogen (secondary N) is 6. The first kappa shape index (κ1) is 46.0. The lowest BCUT2D eigenvalue weighted by Gasteiger charge is -2.21. The van der Waals surface area contributed by atoms with Gasteiger partial charge in [0.1, 0.15) is 35.1 Å². The summed E-state index contributed by atoms with van der Waals surface area (Å²) < 4.78 is 0. The van der Waals surface area contributed by atoms with Gasteiger partial charge in [-0.15, -0.1) is 0 Å². The molecule has 1 saturated carbocycles. The molecule has 2 atom stereocenters. The number of aryl methyl sites for hydroxylation is 2. The van der Waals surface area contributed by atoms with Crippen molar-refractivity contribution in [3.05, 3.63) is 70.8 Å². The molecule has 0 radical (unpaired) electrons. The summed E-state index contributed by atoms with van der Waals surface area (Å²) in [5.41, 5.74) is 3.20. The highest BCUT2D eigenvalue weighted by Gasteiger charge is 2.33. The van der Waals surface area contributed by atoms with E-state index in [0.717, 1.165) is 92.0 Å². The monoisotopic (exact) mass is 781 g/mol. The predicted octanol–water partition coefficient (Wildman–Crippen LogP) is 5.72. The number of carbonyl (C=O) groups excluding carboxylic acids is 4. The molecular formula is C45H64N8O4. The average Bonchev–Trinajstić information content (AvgIpc) is 3.78. The Hall–Kier alpha value is -5.36. The van der Waals surface area contributed by atoms with Gasteiger partial charge in [-0.1, -0.05) is 66.7 Å². The van der Waals surface area contributed by atoms with Crippen LogP contribution < -0.4 is 21.3 Å². The molecule has 1 aliphatic rings. The molecule has 1 aromatic carbocycles.